The van der Waals surface area contributed by atoms with Crippen molar-refractivity contribution in [3.63, 3.8) is 0 Å². The van der Waals surface area contributed by atoms with Gasteiger partial charge in [-0.25, -0.2) is 0 Å². The number of carbonyl (C=O) groups is 2. The van der Waals surface area contributed by atoms with E-state index < -0.39 is 0 Å². The summed E-state index contributed by atoms with van der Waals surface area (Å²) in [5.41, 5.74) is 1.44. The van der Waals surface area contributed by atoms with Crippen LogP contribution in [0.1, 0.15) is 98.3 Å². The Bertz CT molecular complexity index is 631. The maximum absolute atomic E-state index is 12.6. The maximum Gasteiger partial charge on any atom is 0.205 e. The van der Waals surface area contributed by atoms with Crippen LogP contribution < -0.4 is 0 Å². The summed E-state index contributed by atoms with van der Waals surface area (Å²) in [6.45, 7) is 2.24. The van der Waals surface area contributed by atoms with E-state index in [4.69, 9.17) is 11.6 Å². The van der Waals surface area contributed by atoms with Crippen LogP contribution in [-0.4, -0.2) is 11.6 Å². The minimum atomic E-state index is -0.209. The van der Waals surface area contributed by atoms with Gasteiger partial charge in [0.15, 0.2) is 5.78 Å². The molecule has 0 N–H and O–H groups in total. The zero-order valence-electron chi connectivity index (χ0n) is 15.3. The van der Waals surface area contributed by atoms with E-state index in [0.717, 1.165) is 12.8 Å². The first-order valence-electron chi connectivity index (χ1n) is 9.74. The van der Waals surface area contributed by atoms with Crippen molar-refractivity contribution in [3.05, 3.63) is 46.0 Å². The molecule has 0 bridgehead atoms. The van der Waals surface area contributed by atoms with Crippen LogP contribution in [0.25, 0.3) is 0 Å². The highest BCUT2D eigenvalue weighted by Crippen LogP contribution is 2.31. The van der Waals surface area contributed by atoms with E-state index in [9.17, 15) is 9.59 Å². The van der Waals surface area contributed by atoms with Crippen molar-refractivity contribution in [2.75, 3.05) is 0 Å². The lowest BCUT2D eigenvalue weighted by Crippen LogP contribution is -2.19. The number of ketones is 2. The van der Waals surface area contributed by atoms with Crippen LogP contribution in [0.5, 0.6) is 0 Å². The predicted molar refractivity (Wildman–Crippen MR) is 104 cm³/mol. The molecule has 1 aliphatic carbocycles. The number of benzene rings is 1. The Morgan fingerprint density at radius 2 is 1.20 bits per heavy atom. The van der Waals surface area contributed by atoms with Crippen molar-refractivity contribution in [3.8, 4) is 0 Å². The summed E-state index contributed by atoms with van der Waals surface area (Å²) in [6, 6.07) is 6.95. The fraction of sp³-hybridized carbons (Fsp3) is 0.545. The Kier molecular flexibility index (Phi) is 8.40. The molecule has 0 saturated heterocycles. The van der Waals surface area contributed by atoms with E-state index in [1.165, 1.54) is 51.4 Å². The van der Waals surface area contributed by atoms with Crippen LogP contribution in [0, 0.1) is 0 Å². The number of rotatable bonds is 11. The summed E-state index contributed by atoms with van der Waals surface area (Å²) >= 11 is 6.19. The Balaban J connectivity index is 1.72. The third kappa shape index (κ3) is 5.54. The lowest BCUT2D eigenvalue weighted by atomic mass is 9.87. The summed E-state index contributed by atoms with van der Waals surface area (Å²) in [5.74, 6) is -0.282. The second-order valence-corrected chi connectivity index (χ2v) is 7.31. The molecule has 0 atom stereocenters. The fourth-order valence-corrected chi connectivity index (χ4v) is 3.69. The third-order valence-electron chi connectivity index (χ3n) is 4.94. The quantitative estimate of drug-likeness (QED) is 0.403. The maximum atomic E-state index is 12.6. The smallest absolute Gasteiger partial charge is 0.205 e. The van der Waals surface area contributed by atoms with Crippen LogP contribution >= 0.6 is 11.6 Å². The van der Waals surface area contributed by atoms with Gasteiger partial charge in [0.25, 0.3) is 0 Å². The van der Waals surface area contributed by atoms with Crippen LogP contribution in [-0.2, 0) is 0 Å². The molecule has 25 heavy (non-hydrogen) atoms. The van der Waals surface area contributed by atoms with E-state index in [0.29, 0.717) is 23.1 Å². The first-order chi connectivity index (χ1) is 12.2. The molecular weight excluding hydrogens is 332 g/mol. The molecule has 1 aromatic carbocycles. The highest BCUT2D eigenvalue weighted by molar-refractivity contribution is 6.50. The molecule has 0 spiro atoms. The minimum absolute atomic E-state index is 0.0730. The van der Waals surface area contributed by atoms with Gasteiger partial charge >= 0.3 is 0 Å². The Labute approximate surface area is 156 Å². The third-order valence-corrected chi connectivity index (χ3v) is 5.33. The zero-order valence-corrected chi connectivity index (χ0v) is 16.0. The molecule has 3 heteroatoms. The Morgan fingerprint density at radius 3 is 1.76 bits per heavy atom. The van der Waals surface area contributed by atoms with E-state index in [1.807, 2.05) is 0 Å². The largest absolute Gasteiger partial charge is 0.289 e. The molecule has 2 rings (SSSR count). The average molecular weight is 361 g/mol. The van der Waals surface area contributed by atoms with Gasteiger partial charge in [0.1, 0.15) is 0 Å². The highest BCUT2D eigenvalue weighted by Gasteiger charge is 2.30. The number of hydrogen-bond acceptors (Lipinski definition) is 2. The molecule has 1 aromatic rings. The molecule has 0 radical (unpaired) electrons. The van der Waals surface area contributed by atoms with Crippen LogP contribution in [0.4, 0.5) is 0 Å². The van der Waals surface area contributed by atoms with E-state index in [2.05, 4.69) is 6.92 Å². The molecule has 136 valence electrons. The van der Waals surface area contributed by atoms with Crippen LogP contribution in [0.3, 0.4) is 0 Å². The number of fused-ring (bicyclic) bond motifs is 1. The van der Waals surface area contributed by atoms with Gasteiger partial charge in [-0.2, -0.15) is 0 Å². The van der Waals surface area contributed by atoms with Crippen LogP contribution in [0.15, 0.2) is 34.9 Å². The summed E-state index contributed by atoms with van der Waals surface area (Å²) in [4.78, 5) is 24.9. The van der Waals surface area contributed by atoms with Gasteiger partial charge in [0.2, 0.25) is 5.78 Å². The Morgan fingerprint density at radius 1 is 0.720 bits per heavy atom. The second kappa shape index (κ2) is 10.6. The zero-order chi connectivity index (χ0) is 18.1. The molecule has 0 fully saturated rings. The molecule has 1 aliphatic rings. The topological polar surface area (TPSA) is 34.1 Å². The van der Waals surface area contributed by atoms with Crippen molar-refractivity contribution >= 4 is 23.2 Å². The average Bonchev–Trinajstić information content (AvgIpc) is 2.64. The van der Waals surface area contributed by atoms with Gasteiger partial charge in [0, 0.05) is 16.7 Å². The van der Waals surface area contributed by atoms with E-state index >= 15 is 0 Å². The number of allylic oxidation sites excluding steroid dienone is 2. The van der Waals surface area contributed by atoms with Gasteiger partial charge in [0.05, 0.1) is 5.03 Å². The van der Waals surface area contributed by atoms with Crippen molar-refractivity contribution in [1.82, 2.24) is 0 Å². The fourth-order valence-electron chi connectivity index (χ4n) is 3.41. The molecule has 0 aliphatic heterocycles. The number of carbonyl (C=O) groups excluding carboxylic acids is 2. The summed E-state index contributed by atoms with van der Waals surface area (Å²) in [6.07, 6.45) is 13.1. The molecule has 2 nitrogen and oxygen atoms in total. The van der Waals surface area contributed by atoms with E-state index in [-0.39, 0.29) is 16.6 Å². The normalized spacial score (nSPS) is 14.2. The van der Waals surface area contributed by atoms with Crippen LogP contribution in [0.2, 0.25) is 0 Å². The first kappa shape index (κ1) is 19.9. The highest BCUT2D eigenvalue weighted by atomic mass is 35.5. The summed E-state index contributed by atoms with van der Waals surface area (Å²) < 4.78 is 0. The number of unbranched alkanes of at least 4 members (excludes halogenated alkanes) is 9. The van der Waals surface area contributed by atoms with Crippen molar-refractivity contribution in [2.45, 2.75) is 77.6 Å². The first-order valence-corrected chi connectivity index (χ1v) is 10.1. The second-order valence-electron chi connectivity index (χ2n) is 6.93. The van der Waals surface area contributed by atoms with Gasteiger partial charge in [-0.1, -0.05) is 101 Å². The molecule has 0 heterocycles. The van der Waals surface area contributed by atoms with Crippen molar-refractivity contribution < 1.29 is 9.59 Å². The lowest BCUT2D eigenvalue weighted by molar-refractivity contribution is 0.0977. The summed E-state index contributed by atoms with van der Waals surface area (Å²) in [7, 11) is 0. The molecular formula is C22H29ClO2. The lowest BCUT2D eigenvalue weighted by Gasteiger charge is -2.17. The van der Waals surface area contributed by atoms with Gasteiger partial charge in [-0.15, -0.1) is 0 Å². The van der Waals surface area contributed by atoms with Crippen molar-refractivity contribution in [2.24, 2.45) is 0 Å². The number of hydrogen-bond donors (Lipinski definition) is 0. The van der Waals surface area contributed by atoms with E-state index in [1.54, 1.807) is 24.3 Å². The van der Waals surface area contributed by atoms with Gasteiger partial charge in [-0.05, 0) is 12.8 Å². The monoisotopic (exact) mass is 360 g/mol. The SMILES string of the molecule is CCCCCCCCCCCCC1=C(Cl)C(=O)c2ccccc2C1=O. The number of halogens is 1. The molecule has 0 saturated carbocycles. The molecule has 0 unspecified atom stereocenters. The summed E-state index contributed by atoms with van der Waals surface area (Å²) in [5, 5.41) is 0.125. The standard InChI is InChI=1S/C22H29ClO2/c1-2-3-4-5-6-7-8-9-10-11-16-19-20(23)22(25)18-15-13-12-14-17(18)21(19)24/h12-15H,2-11,16H2,1H3. The van der Waals surface area contributed by atoms with Crippen molar-refractivity contribution in [1.29, 1.82) is 0 Å². The minimum Gasteiger partial charge on any atom is -0.289 e. The number of Topliss-reactive ketones (excluding diaryl/α,β-unsaturated/α-hetero) is 2. The Hall–Kier alpha value is -1.41. The molecule has 0 amide bonds. The molecule has 0 aromatic heterocycles. The van der Waals surface area contributed by atoms with Gasteiger partial charge < -0.3 is 0 Å². The predicted octanol–water partition coefficient (Wildman–Crippen LogP) is 6.87. The van der Waals surface area contributed by atoms with Gasteiger partial charge in [-0.3, -0.25) is 9.59 Å².